The van der Waals surface area contributed by atoms with Gasteiger partial charge in [-0.1, -0.05) is 0 Å². The second-order valence-electron chi connectivity index (χ2n) is 5.93. The molecular formula is C15H19N7S. The van der Waals surface area contributed by atoms with Crippen LogP contribution in [-0.4, -0.2) is 47.0 Å². The molecule has 0 bridgehead atoms. The molecule has 1 fully saturated rings. The molecule has 0 aromatic carbocycles. The number of rotatable bonds is 5. The molecule has 1 atom stereocenters. The van der Waals surface area contributed by atoms with Crippen molar-refractivity contribution in [2.45, 2.75) is 32.0 Å². The highest BCUT2D eigenvalue weighted by molar-refractivity contribution is 7.13. The van der Waals surface area contributed by atoms with Crippen LogP contribution in [0.1, 0.15) is 18.5 Å². The average molecular weight is 329 g/mol. The Bertz CT molecular complexity index is 760. The van der Waals surface area contributed by atoms with Gasteiger partial charge in [-0.15, -0.1) is 11.3 Å². The van der Waals surface area contributed by atoms with Gasteiger partial charge in [0.15, 0.2) is 0 Å². The van der Waals surface area contributed by atoms with Crippen molar-refractivity contribution in [1.82, 2.24) is 34.4 Å². The molecular weight excluding hydrogens is 310 g/mol. The third kappa shape index (κ3) is 3.18. The first-order chi connectivity index (χ1) is 11.3. The molecule has 1 aliphatic rings. The number of nitrogens with zero attached hydrogens (tertiary/aromatic N) is 7. The zero-order chi connectivity index (χ0) is 15.6. The molecule has 4 rings (SSSR count). The van der Waals surface area contributed by atoms with Gasteiger partial charge in [0, 0.05) is 36.8 Å². The molecule has 3 aromatic heterocycles. The average Bonchev–Trinajstić information content (AvgIpc) is 3.29. The Kier molecular flexibility index (Phi) is 3.92. The fraction of sp³-hybridized carbons (Fsp3) is 0.467. The molecule has 0 spiro atoms. The maximum absolute atomic E-state index is 4.78. The number of hydrogen-bond donors (Lipinski definition) is 0. The zero-order valence-electron chi connectivity index (χ0n) is 13.0. The van der Waals surface area contributed by atoms with E-state index in [1.54, 1.807) is 24.0 Å². The van der Waals surface area contributed by atoms with Gasteiger partial charge in [-0.25, -0.2) is 9.97 Å². The van der Waals surface area contributed by atoms with Crippen molar-refractivity contribution in [2.75, 3.05) is 6.54 Å². The van der Waals surface area contributed by atoms with E-state index in [0.29, 0.717) is 6.04 Å². The van der Waals surface area contributed by atoms with E-state index in [0.717, 1.165) is 35.9 Å². The van der Waals surface area contributed by atoms with E-state index >= 15 is 0 Å². The van der Waals surface area contributed by atoms with Crippen LogP contribution in [0, 0.1) is 0 Å². The van der Waals surface area contributed by atoms with Crippen molar-refractivity contribution < 1.29 is 0 Å². The lowest BCUT2D eigenvalue weighted by Crippen LogP contribution is -2.32. The second-order valence-corrected chi connectivity index (χ2v) is 6.79. The number of aromatic nitrogens is 6. The van der Waals surface area contributed by atoms with Crippen LogP contribution in [0.4, 0.5) is 0 Å². The molecule has 7 nitrogen and oxygen atoms in total. The van der Waals surface area contributed by atoms with Crippen LogP contribution in [0.15, 0.2) is 30.4 Å². The maximum atomic E-state index is 4.78. The number of hydrogen-bond acceptors (Lipinski definition) is 6. The minimum Gasteiger partial charge on any atom is -0.293 e. The Morgan fingerprint density at radius 3 is 3.09 bits per heavy atom. The Morgan fingerprint density at radius 2 is 2.30 bits per heavy atom. The maximum Gasteiger partial charge on any atom is 0.137 e. The lowest BCUT2D eigenvalue weighted by atomic mass is 10.2. The molecule has 0 radical (unpaired) electrons. The molecule has 0 N–H and O–H groups in total. The quantitative estimate of drug-likeness (QED) is 0.714. The second kappa shape index (κ2) is 6.21. The van der Waals surface area contributed by atoms with E-state index in [-0.39, 0.29) is 0 Å². The number of thiazole rings is 1. The van der Waals surface area contributed by atoms with Gasteiger partial charge < -0.3 is 0 Å². The lowest BCUT2D eigenvalue weighted by Gasteiger charge is -2.23. The SMILES string of the molecule is Cn1cc(-c2nc(CN3CCCC3Cn3cncn3)cs2)cn1. The molecule has 1 unspecified atom stereocenters. The Hall–Kier alpha value is -2.06. The van der Waals surface area contributed by atoms with Gasteiger partial charge in [0.2, 0.25) is 0 Å². The van der Waals surface area contributed by atoms with E-state index in [2.05, 4.69) is 25.5 Å². The van der Waals surface area contributed by atoms with Crippen LogP contribution >= 0.6 is 11.3 Å². The zero-order valence-corrected chi connectivity index (χ0v) is 13.9. The van der Waals surface area contributed by atoms with Crippen molar-refractivity contribution in [3.8, 4) is 10.6 Å². The van der Waals surface area contributed by atoms with Gasteiger partial charge in [-0.05, 0) is 19.4 Å². The molecule has 120 valence electrons. The Labute approximate surface area is 138 Å². The summed E-state index contributed by atoms with van der Waals surface area (Å²) in [6, 6.07) is 0.514. The van der Waals surface area contributed by atoms with Crippen molar-refractivity contribution in [3.05, 3.63) is 36.1 Å². The molecule has 4 heterocycles. The minimum atomic E-state index is 0.514. The van der Waals surface area contributed by atoms with Gasteiger partial charge >= 0.3 is 0 Å². The molecule has 3 aromatic rings. The third-order valence-electron chi connectivity index (χ3n) is 4.23. The molecule has 0 amide bonds. The first kappa shape index (κ1) is 14.5. The minimum absolute atomic E-state index is 0.514. The summed E-state index contributed by atoms with van der Waals surface area (Å²) >= 11 is 1.69. The van der Waals surface area contributed by atoms with Gasteiger partial charge in [0.05, 0.1) is 18.4 Å². The summed E-state index contributed by atoms with van der Waals surface area (Å²) in [6.45, 7) is 2.93. The highest BCUT2D eigenvalue weighted by atomic mass is 32.1. The predicted molar refractivity (Wildman–Crippen MR) is 87.8 cm³/mol. The fourth-order valence-electron chi connectivity index (χ4n) is 3.10. The largest absolute Gasteiger partial charge is 0.293 e. The van der Waals surface area contributed by atoms with Crippen LogP contribution in [-0.2, 0) is 20.1 Å². The summed E-state index contributed by atoms with van der Waals surface area (Å²) in [5, 5.41) is 11.6. The Morgan fingerprint density at radius 1 is 1.35 bits per heavy atom. The van der Waals surface area contributed by atoms with Gasteiger partial charge in [0.1, 0.15) is 17.7 Å². The summed E-state index contributed by atoms with van der Waals surface area (Å²) in [4.78, 5) is 11.3. The summed E-state index contributed by atoms with van der Waals surface area (Å²) in [6.07, 6.45) is 9.70. The van der Waals surface area contributed by atoms with Gasteiger partial charge in [-0.2, -0.15) is 10.2 Å². The summed E-state index contributed by atoms with van der Waals surface area (Å²) in [5.41, 5.74) is 2.23. The van der Waals surface area contributed by atoms with Crippen LogP contribution in [0.3, 0.4) is 0 Å². The summed E-state index contributed by atoms with van der Waals surface area (Å²) in [7, 11) is 1.93. The van der Waals surface area contributed by atoms with Crippen molar-refractivity contribution in [3.63, 3.8) is 0 Å². The fourth-order valence-corrected chi connectivity index (χ4v) is 3.89. The van der Waals surface area contributed by atoms with Crippen LogP contribution < -0.4 is 0 Å². The topological polar surface area (TPSA) is 64.7 Å². The number of likely N-dealkylation sites (tertiary alicyclic amines) is 1. The monoisotopic (exact) mass is 329 g/mol. The van der Waals surface area contributed by atoms with Crippen LogP contribution in [0.2, 0.25) is 0 Å². The highest BCUT2D eigenvalue weighted by Crippen LogP contribution is 2.26. The van der Waals surface area contributed by atoms with Crippen LogP contribution in [0.5, 0.6) is 0 Å². The summed E-state index contributed by atoms with van der Waals surface area (Å²) in [5.74, 6) is 0. The van der Waals surface area contributed by atoms with Gasteiger partial charge in [-0.3, -0.25) is 14.3 Å². The summed E-state index contributed by atoms with van der Waals surface area (Å²) < 4.78 is 3.73. The first-order valence-electron chi connectivity index (χ1n) is 7.78. The Balaban J connectivity index is 1.44. The van der Waals surface area contributed by atoms with E-state index in [1.807, 2.05) is 28.8 Å². The van der Waals surface area contributed by atoms with E-state index < -0.39 is 0 Å². The van der Waals surface area contributed by atoms with Gasteiger partial charge in [0.25, 0.3) is 0 Å². The normalized spacial score (nSPS) is 18.7. The highest BCUT2D eigenvalue weighted by Gasteiger charge is 2.25. The standard InChI is InChI=1S/C15H19N7S/c1-20-6-12(5-17-20)15-19-13(9-23-15)7-21-4-2-3-14(21)8-22-11-16-10-18-22/h5-6,9-11,14H,2-4,7-8H2,1H3. The molecule has 1 saturated heterocycles. The predicted octanol–water partition coefficient (Wildman–Crippen LogP) is 1.80. The molecule has 0 aliphatic carbocycles. The van der Waals surface area contributed by atoms with Crippen molar-refractivity contribution in [1.29, 1.82) is 0 Å². The lowest BCUT2D eigenvalue weighted by molar-refractivity contribution is 0.217. The smallest absolute Gasteiger partial charge is 0.137 e. The first-order valence-corrected chi connectivity index (χ1v) is 8.66. The van der Waals surface area contributed by atoms with Crippen molar-refractivity contribution >= 4 is 11.3 Å². The van der Waals surface area contributed by atoms with E-state index in [1.165, 1.54) is 12.8 Å². The third-order valence-corrected chi connectivity index (χ3v) is 5.17. The number of aryl methyl sites for hydroxylation is 1. The van der Waals surface area contributed by atoms with Crippen molar-refractivity contribution in [2.24, 2.45) is 7.05 Å². The molecule has 0 saturated carbocycles. The van der Waals surface area contributed by atoms with E-state index in [9.17, 15) is 0 Å². The van der Waals surface area contributed by atoms with Crippen LogP contribution in [0.25, 0.3) is 10.6 Å². The molecule has 23 heavy (non-hydrogen) atoms. The molecule has 1 aliphatic heterocycles. The van der Waals surface area contributed by atoms with E-state index in [4.69, 9.17) is 4.98 Å². The molecule has 8 heteroatoms.